The zero-order valence-corrected chi connectivity index (χ0v) is 14.0. The molecule has 0 aliphatic carbocycles. The maximum absolute atomic E-state index is 13.1. The number of rotatable bonds is 4. The van der Waals surface area contributed by atoms with Crippen LogP contribution in [0.15, 0.2) is 18.2 Å². The van der Waals surface area contributed by atoms with Gasteiger partial charge in [-0.3, -0.25) is 0 Å². The molecule has 1 heterocycles. The average molecular weight is 357 g/mol. The lowest BCUT2D eigenvalue weighted by molar-refractivity contribution is 0.404. The monoisotopic (exact) mass is 356 g/mol. The van der Waals surface area contributed by atoms with Crippen LogP contribution < -0.4 is 5.73 Å². The summed E-state index contributed by atoms with van der Waals surface area (Å²) in [5.74, 6) is -0.517. The van der Waals surface area contributed by atoms with Crippen molar-refractivity contribution in [2.45, 2.75) is 25.1 Å². The van der Waals surface area contributed by atoms with E-state index in [0.29, 0.717) is 18.7 Å². The van der Waals surface area contributed by atoms with Crippen LogP contribution in [0, 0.1) is 11.7 Å². The van der Waals surface area contributed by atoms with Gasteiger partial charge >= 0.3 is 0 Å². The van der Waals surface area contributed by atoms with Crippen LogP contribution in [0.4, 0.5) is 4.39 Å². The highest BCUT2D eigenvalue weighted by Gasteiger charge is 2.36. The number of nitrogens with two attached hydrogens (primary N) is 1. The molecule has 0 radical (unpaired) electrons. The summed E-state index contributed by atoms with van der Waals surface area (Å²) >= 11 is 5.68. The molecule has 0 bridgehead atoms. The van der Waals surface area contributed by atoms with Crippen molar-refractivity contribution in [3.05, 3.63) is 34.6 Å². The number of nitrogens with zero attached hydrogens (tertiary/aromatic N) is 1. The van der Waals surface area contributed by atoms with Gasteiger partial charge in [-0.15, -0.1) is 12.4 Å². The molecule has 21 heavy (non-hydrogen) atoms. The molecule has 1 fully saturated rings. The first kappa shape index (κ1) is 18.6. The number of benzene rings is 1. The summed E-state index contributed by atoms with van der Waals surface area (Å²) in [5.41, 5.74) is 6.10. The third-order valence-corrected chi connectivity index (χ3v) is 5.84. The average Bonchev–Trinajstić information content (AvgIpc) is 2.76. The van der Waals surface area contributed by atoms with Crippen molar-refractivity contribution in [3.8, 4) is 0 Å². The molecule has 0 aromatic heterocycles. The van der Waals surface area contributed by atoms with Crippen molar-refractivity contribution in [3.63, 3.8) is 0 Å². The molecule has 1 aliphatic rings. The van der Waals surface area contributed by atoms with Crippen molar-refractivity contribution in [2.75, 3.05) is 13.1 Å². The van der Waals surface area contributed by atoms with Gasteiger partial charge in [0.1, 0.15) is 5.82 Å². The smallest absolute Gasteiger partial charge is 0.218 e. The highest BCUT2D eigenvalue weighted by Crippen LogP contribution is 2.27. The predicted octanol–water partition coefficient (Wildman–Crippen LogP) is 2.40. The van der Waals surface area contributed by atoms with Gasteiger partial charge in [-0.1, -0.05) is 17.7 Å². The zero-order valence-electron chi connectivity index (χ0n) is 11.6. The van der Waals surface area contributed by atoms with E-state index >= 15 is 0 Å². The lowest BCUT2D eigenvalue weighted by atomic mass is 10.1. The topological polar surface area (TPSA) is 63.4 Å². The van der Waals surface area contributed by atoms with Gasteiger partial charge in [0.25, 0.3) is 0 Å². The standard InChI is InChI=1S/C13H18ClFN2O2S.ClH/c1-9-4-11(6-16)7-17(9)20(18,19)8-10-2-3-13(15)12(14)5-10;/h2-3,5,9,11H,4,6-8,16H2,1H3;1H. The first-order valence-corrected chi connectivity index (χ1v) is 8.45. The normalized spacial score (nSPS) is 23.0. The second-order valence-corrected chi connectivity index (χ2v) is 7.59. The molecule has 0 amide bonds. The van der Waals surface area contributed by atoms with Gasteiger partial charge in [0.15, 0.2) is 0 Å². The van der Waals surface area contributed by atoms with E-state index in [1.54, 1.807) is 0 Å². The Morgan fingerprint density at radius 1 is 1.48 bits per heavy atom. The third-order valence-electron chi connectivity index (χ3n) is 3.63. The molecule has 2 unspecified atom stereocenters. The molecule has 2 rings (SSSR count). The maximum Gasteiger partial charge on any atom is 0.218 e. The first-order chi connectivity index (χ1) is 9.33. The van der Waals surface area contributed by atoms with Crippen molar-refractivity contribution in [1.82, 2.24) is 4.31 Å². The Hall–Kier alpha value is -0.400. The summed E-state index contributed by atoms with van der Waals surface area (Å²) in [6.45, 7) is 2.82. The van der Waals surface area contributed by atoms with Gasteiger partial charge < -0.3 is 5.73 Å². The number of hydrogen-bond donors (Lipinski definition) is 1. The van der Waals surface area contributed by atoms with E-state index in [9.17, 15) is 12.8 Å². The Bertz CT molecular complexity index is 598. The summed E-state index contributed by atoms with van der Waals surface area (Å²) in [7, 11) is -3.44. The molecule has 1 aromatic rings. The van der Waals surface area contributed by atoms with Gasteiger partial charge in [-0.05, 0) is 43.5 Å². The Morgan fingerprint density at radius 3 is 2.67 bits per heavy atom. The van der Waals surface area contributed by atoms with Crippen LogP contribution in [0.2, 0.25) is 5.02 Å². The zero-order chi connectivity index (χ0) is 14.9. The molecule has 4 nitrogen and oxygen atoms in total. The minimum absolute atomic E-state index is 0. The molecule has 0 saturated carbocycles. The summed E-state index contributed by atoms with van der Waals surface area (Å²) in [6, 6.07) is 3.93. The molecule has 1 saturated heterocycles. The molecular weight excluding hydrogens is 338 g/mol. The number of halogens is 3. The van der Waals surface area contributed by atoms with Gasteiger partial charge in [0.2, 0.25) is 10.0 Å². The summed E-state index contributed by atoms with van der Waals surface area (Å²) in [6.07, 6.45) is 0.778. The van der Waals surface area contributed by atoms with E-state index in [1.165, 1.54) is 22.5 Å². The van der Waals surface area contributed by atoms with Crippen LogP contribution in [0.25, 0.3) is 0 Å². The fraction of sp³-hybridized carbons (Fsp3) is 0.538. The van der Waals surface area contributed by atoms with Gasteiger partial charge in [-0.2, -0.15) is 4.31 Å². The van der Waals surface area contributed by atoms with E-state index in [1.807, 2.05) is 6.92 Å². The highest BCUT2D eigenvalue weighted by atomic mass is 35.5. The molecule has 120 valence electrons. The summed E-state index contributed by atoms with van der Waals surface area (Å²) in [5, 5.41) is -0.0630. The van der Waals surface area contributed by atoms with Crippen molar-refractivity contribution in [1.29, 1.82) is 0 Å². The van der Waals surface area contributed by atoms with E-state index in [2.05, 4.69) is 0 Å². The van der Waals surface area contributed by atoms with Crippen LogP contribution in [-0.4, -0.2) is 31.9 Å². The molecule has 1 aliphatic heterocycles. The molecule has 2 N–H and O–H groups in total. The molecular formula is C13H19Cl2FN2O2S. The van der Waals surface area contributed by atoms with E-state index < -0.39 is 15.8 Å². The van der Waals surface area contributed by atoms with Crippen LogP contribution in [-0.2, 0) is 15.8 Å². The van der Waals surface area contributed by atoms with Crippen LogP contribution in [0.5, 0.6) is 0 Å². The number of hydrogen-bond acceptors (Lipinski definition) is 3. The lowest BCUT2D eigenvalue weighted by Gasteiger charge is -2.21. The SMILES string of the molecule is CC1CC(CN)CN1S(=O)(=O)Cc1ccc(F)c(Cl)c1.Cl. The quantitative estimate of drug-likeness (QED) is 0.900. The Labute approximate surface area is 135 Å². The minimum atomic E-state index is -3.44. The van der Waals surface area contributed by atoms with Crippen LogP contribution >= 0.6 is 24.0 Å². The van der Waals surface area contributed by atoms with E-state index in [4.69, 9.17) is 17.3 Å². The van der Waals surface area contributed by atoms with E-state index in [0.717, 1.165) is 6.42 Å². The fourth-order valence-corrected chi connectivity index (χ4v) is 4.63. The minimum Gasteiger partial charge on any atom is -0.330 e. The van der Waals surface area contributed by atoms with Gasteiger partial charge in [0.05, 0.1) is 10.8 Å². The van der Waals surface area contributed by atoms with E-state index in [-0.39, 0.29) is 35.1 Å². The number of sulfonamides is 1. The fourth-order valence-electron chi connectivity index (χ4n) is 2.59. The van der Waals surface area contributed by atoms with Crippen molar-refractivity contribution in [2.24, 2.45) is 11.7 Å². The van der Waals surface area contributed by atoms with Crippen molar-refractivity contribution >= 4 is 34.0 Å². The Kier molecular flexibility index (Phi) is 6.43. The summed E-state index contributed by atoms with van der Waals surface area (Å²) in [4.78, 5) is 0. The molecule has 1 aromatic carbocycles. The Balaban J connectivity index is 0.00000220. The second kappa shape index (κ2) is 7.24. The second-order valence-electron chi connectivity index (χ2n) is 5.26. The van der Waals surface area contributed by atoms with Crippen LogP contribution in [0.3, 0.4) is 0 Å². The highest BCUT2D eigenvalue weighted by molar-refractivity contribution is 7.88. The lowest BCUT2D eigenvalue weighted by Crippen LogP contribution is -2.35. The predicted molar refractivity (Wildman–Crippen MR) is 84.6 cm³/mol. The largest absolute Gasteiger partial charge is 0.330 e. The molecule has 0 spiro atoms. The van der Waals surface area contributed by atoms with Gasteiger partial charge in [0, 0.05) is 12.6 Å². The van der Waals surface area contributed by atoms with Crippen LogP contribution in [0.1, 0.15) is 18.9 Å². The first-order valence-electron chi connectivity index (χ1n) is 6.47. The molecule has 2 atom stereocenters. The molecule has 8 heteroatoms. The van der Waals surface area contributed by atoms with Gasteiger partial charge in [-0.25, -0.2) is 12.8 Å². The Morgan fingerprint density at radius 2 is 2.14 bits per heavy atom. The third kappa shape index (κ3) is 4.29. The maximum atomic E-state index is 13.1. The van der Waals surface area contributed by atoms with Crippen molar-refractivity contribution < 1.29 is 12.8 Å². The summed E-state index contributed by atoms with van der Waals surface area (Å²) < 4.78 is 39.4.